The van der Waals surface area contributed by atoms with E-state index in [1.165, 1.54) is 4.68 Å². The lowest BCUT2D eigenvalue weighted by Gasteiger charge is -2.23. The number of imide groups is 1. The quantitative estimate of drug-likeness (QED) is 0.167. The number of benzene rings is 1. The monoisotopic (exact) mass is 501 g/mol. The predicted molar refractivity (Wildman–Crippen MR) is 126 cm³/mol. The van der Waals surface area contributed by atoms with Crippen LogP contribution in [0.5, 0.6) is 0 Å². The van der Waals surface area contributed by atoms with Gasteiger partial charge in [0.15, 0.2) is 5.82 Å². The van der Waals surface area contributed by atoms with Gasteiger partial charge in [0.05, 0.1) is 25.2 Å². The maximum atomic E-state index is 12.6. The van der Waals surface area contributed by atoms with Gasteiger partial charge < -0.3 is 26.4 Å². The molecule has 0 saturated carbocycles. The molecule has 14 nitrogen and oxygen atoms in total. The molecule has 5 amide bonds. The maximum absolute atomic E-state index is 12.6. The van der Waals surface area contributed by atoms with E-state index in [1.807, 2.05) is 30.3 Å². The van der Waals surface area contributed by atoms with Crippen LogP contribution in [0.4, 0.5) is 4.79 Å². The first-order chi connectivity index (χ1) is 17.1. The molecule has 0 radical (unpaired) electrons. The Kier molecular flexibility index (Phi) is 9.02. The molecule has 0 bridgehead atoms. The van der Waals surface area contributed by atoms with Gasteiger partial charge in [-0.25, -0.2) is 9.48 Å². The molecule has 14 heteroatoms. The van der Waals surface area contributed by atoms with E-state index in [-0.39, 0.29) is 31.4 Å². The first-order valence-corrected chi connectivity index (χ1v) is 11.5. The Morgan fingerprint density at radius 1 is 1.25 bits per heavy atom. The van der Waals surface area contributed by atoms with E-state index in [0.717, 1.165) is 5.56 Å². The van der Waals surface area contributed by atoms with Crippen molar-refractivity contribution in [3.05, 3.63) is 41.7 Å². The first-order valence-electron chi connectivity index (χ1n) is 11.5. The molecule has 1 aliphatic rings. The van der Waals surface area contributed by atoms with Crippen LogP contribution in [0, 0.1) is 0 Å². The number of urea groups is 1. The van der Waals surface area contributed by atoms with Crippen molar-refractivity contribution in [3.63, 3.8) is 0 Å². The van der Waals surface area contributed by atoms with Crippen LogP contribution in [0.1, 0.15) is 44.1 Å². The van der Waals surface area contributed by atoms with Gasteiger partial charge in [-0.3, -0.25) is 19.7 Å². The summed E-state index contributed by atoms with van der Waals surface area (Å²) in [6, 6.07) is 7.45. The summed E-state index contributed by atoms with van der Waals surface area (Å²) in [4.78, 5) is 47.3. The molecular weight excluding hydrogens is 470 g/mol. The van der Waals surface area contributed by atoms with Crippen LogP contribution in [0.25, 0.3) is 0 Å². The molecule has 0 spiro atoms. The molecular formula is C22H31N9O5. The molecule has 6 N–H and O–H groups in total. The summed E-state index contributed by atoms with van der Waals surface area (Å²) in [5.74, 6) is -0.909. The van der Waals surface area contributed by atoms with Gasteiger partial charge >= 0.3 is 6.03 Å². The molecule has 1 saturated heterocycles. The van der Waals surface area contributed by atoms with E-state index >= 15 is 0 Å². The summed E-state index contributed by atoms with van der Waals surface area (Å²) in [5.41, 5.74) is 5.80. The zero-order valence-electron chi connectivity index (χ0n) is 20.2. The van der Waals surface area contributed by atoms with Crippen molar-refractivity contribution in [2.45, 2.75) is 57.5 Å². The van der Waals surface area contributed by atoms with E-state index in [9.17, 15) is 19.2 Å². The minimum Gasteiger partial charge on any atom is -0.374 e. The fourth-order valence-electron chi connectivity index (χ4n) is 3.33. The zero-order chi connectivity index (χ0) is 26.1. The fraction of sp³-hybridized carbons (Fsp3) is 0.500. The second kappa shape index (κ2) is 12.2. The van der Waals surface area contributed by atoms with Gasteiger partial charge in [-0.2, -0.15) is 0 Å². The van der Waals surface area contributed by atoms with Gasteiger partial charge in [-0.15, -0.1) is 5.10 Å². The van der Waals surface area contributed by atoms with Gasteiger partial charge in [0.25, 0.3) is 5.91 Å². The Labute approximate surface area is 207 Å². The third-order valence-electron chi connectivity index (χ3n) is 5.27. The minimum absolute atomic E-state index is 0.114. The number of aryl methyl sites for hydroxylation is 1. The lowest BCUT2D eigenvalue weighted by atomic mass is 10.1. The smallest absolute Gasteiger partial charge is 0.322 e. The molecule has 2 heterocycles. The third-order valence-corrected chi connectivity index (χ3v) is 5.27. The van der Waals surface area contributed by atoms with Crippen LogP contribution in [0.15, 0.2) is 30.3 Å². The number of rotatable bonds is 13. The van der Waals surface area contributed by atoms with Crippen LogP contribution in [-0.4, -0.2) is 68.7 Å². The molecule has 0 aliphatic carbocycles. The maximum Gasteiger partial charge on any atom is 0.322 e. The molecule has 1 fully saturated rings. The second-order valence-corrected chi connectivity index (χ2v) is 8.93. The number of carbonyl (C=O) groups excluding carboxylic acids is 4. The van der Waals surface area contributed by atoms with Crippen molar-refractivity contribution in [2.24, 2.45) is 5.73 Å². The van der Waals surface area contributed by atoms with Crippen LogP contribution < -0.4 is 27.0 Å². The van der Waals surface area contributed by atoms with Crippen LogP contribution in [0.3, 0.4) is 0 Å². The number of aromatic nitrogens is 4. The third kappa shape index (κ3) is 7.81. The van der Waals surface area contributed by atoms with E-state index in [2.05, 4.69) is 36.8 Å². The van der Waals surface area contributed by atoms with E-state index < -0.39 is 29.6 Å². The SMILES string of the molecule is CC(C)(N)C(=O)N[C@H](COCc1ccccc1)c1nnnn1CCCNC(=O)CC1NC(=O)NC1=O. The summed E-state index contributed by atoms with van der Waals surface area (Å²) in [6.07, 6.45) is 0.316. The zero-order valence-corrected chi connectivity index (χ0v) is 20.2. The van der Waals surface area contributed by atoms with Crippen LogP contribution in [-0.2, 0) is 32.3 Å². The van der Waals surface area contributed by atoms with Crippen molar-refractivity contribution in [1.82, 2.24) is 41.5 Å². The minimum atomic E-state index is -1.12. The molecule has 1 aromatic heterocycles. The molecule has 1 aromatic carbocycles. The number of hydrogen-bond acceptors (Lipinski definition) is 9. The van der Waals surface area contributed by atoms with Crippen molar-refractivity contribution < 1.29 is 23.9 Å². The highest BCUT2D eigenvalue weighted by atomic mass is 16.5. The Balaban J connectivity index is 1.54. The number of hydrogen-bond donors (Lipinski definition) is 5. The lowest BCUT2D eigenvalue weighted by Crippen LogP contribution is -2.51. The highest BCUT2D eigenvalue weighted by Crippen LogP contribution is 2.13. The molecule has 3 rings (SSSR count). The highest BCUT2D eigenvalue weighted by Gasteiger charge is 2.31. The molecule has 36 heavy (non-hydrogen) atoms. The van der Waals surface area contributed by atoms with Crippen molar-refractivity contribution in [1.29, 1.82) is 0 Å². The Hall–Kier alpha value is -3.91. The second-order valence-electron chi connectivity index (χ2n) is 8.93. The summed E-state index contributed by atoms with van der Waals surface area (Å²) < 4.78 is 7.35. The number of carbonyl (C=O) groups is 4. The summed E-state index contributed by atoms with van der Waals surface area (Å²) in [5, 5.41) is 21.8. The van der Waals surface area contributed by atoms with Crippen LogP contribution in [0.2, 0.25) is 0 Å². The van der Waals surface area contributed by atoms with Gasteiger partial charge in [0, 0.05) is 13.1 Å². The van der Waals surface area contributed by atoms with Crippen molar-refractivity contribution in [2.75, 3.05) is 13.2 Å². The fourth-order valence-corrected chi connectivity index (χ4v) is 3.33. The number of nitrogens with zero attached hydrogens (tertiary/aromatic N) is 4. The summed E-state index contributed by atoms with van der Waals surface area (Å²) >= 11 is 0. The number of amides is 5. The number of tetrazole rings is 1. The van der Waals surface area contributed by atoms with E-state index in [0.29, 0.717) is 25.4 Å². The van der Waals surface area contributed by atoms with E-state index in [1.54, 1.807) is 13.8 Å². The molecule has 2 aromatic rings. The predicted octanol–water partition coefficient (Wildman–Crippen LogP) is -1.11. The first kappa shape index (κ1) is 26.7. The van der Waals surface area contributed by atoms with Gasteiger partial charge in [-0.1, -0.05) is 30.3 Å². The Morgan fingerprint density at radius 3 is 2.67 bits per heavy atom. The number of nitrogens with one attached hydrogen (secondary N) is 4. The molecule has 194 valence electrons. The Morgan fingerprint density at radius 2 is 2.00 bits per heavy atom. The average Bonchev–Trinajstić information content (AvgIpc) is 3.41. The standard InChI is InChI=1S/C22H31N9O5/c1-22(2,23)20(34)25-16(13-36-12-14-7-4-3-5-8-14)18-28-29-30-31(18)10-6-9-24-17(32)11-15-19(33)27-21(35)26-15/h3-5,7-8,15-16H,6,9-13,23H2,1-2H3,(H,24,32)(H,25,34)(H2,26,27,33,35)/t15?,16-/m1/s1. The van der Waals surface area contributed by atoms with Gasteiger partial charge in [0.1, 0.15) is 12.1 Å². The highest BCUT2D eigenvalue weighted by molar-refractivity contribution is 6.05. The Bertz CT molecular complexity index is 1070. The van der Waals surface area contributed by atoms with Gasteiger partial charge in [0.2, 0.25) is 11.8 Å². The normalized spacial score (nSPS) is 16.2. The summed E-state index contributed by atoms with van der Waals surface area (Å²) in [7, 11) is 0. The number of nitrogens with two attached hydrogens (primary N) is 1. The van der Waals surface area contributed by atoms with E-state index in [4.69, 9.17) is 10.5 Å². The van der Waals surface area contributed by atoms with Crippen molar-refractivity contribution in [3.8, 4) is 0 Å². The topological polar surface area (TPSA) is 195 Å². The molecule has 1 aliphatic heterocycles. The molecule has 1 unspecified atom stereocenters. The summed E-state index contributed by atoms with van der Waals surface area (Å²) in [6.45, 7) is 4.28. The average molecular weight is 502 g/mol. The van der Waals surface area contributed by atoms with Gasteiger partial charge in [-0.05, 0) is 36.3 Å². The van der Waals surface area contributed by atoms with Crippen molar-refractivity contribution >= 4 is 23.8 Å². The number of ether oxygens (including phenoxy) is 1. The lowest BCUT2D eigenvalue weighted by molar-refractivity contribution is -0.126. The molecule has 2 atom stereocenters. The largest absolute Gasteiger partial charge is 0.374 e. The van der Waals surface area contributed by atoms with Crippen LogP contribution >= 0.6 is 0 Å².